The van der Waals surface area contributed by atoms with Crippen molar-refractivity contribution in [3.05, 3.63) is 58.7 Å². The van der Waals surface area contributed by atoms with Crippen LogP contribution in [0, 0.1) is 5.92 Å². The van der Waals surface area contributed by atoms with Crippen molar-refractivity contribution in [2.45, 2.75) is 13.8 Å². The number of hydrogen-bond donors (Lipinski definition) is 1. The summed E-state index contributed by atoms with van der Waals surface area (Å²) in [7, 11) is 0. The Morgan fingerprint density at radius 3 is 2.12 bits per heavy atom. The minimum absolute atomic E-state index is 0.102. The Morgan fingerprint density at radius 2 is 1.48 bits per heavy atom. The van der Waals surface area contributed by atoms with Gasteiger partial charge in [-0.25, -0.2) is 14.4 Å². The van der Waals surface area contributed by atoms with E-state index in [0.717, 1.165) is 0 Å². The number of Topliss-reactive ketones (excluding diaryl/α,β-unsaturated/α-hetero) is 1. The van der Waals surface area contributed by atoms with Crippen molar-refractivity contribution in [2.24, 2.45) is 5.92 Å². The van der Waals surface area contributed by atoms with Crippen LogP contribution in [0.15, 0.2) is 36.4 Å². The van der Waals surface area contributed by atoms with Crippen molar-refractivity contribution in [3.63, 3.8) is 0 Å². The van der Waals surface area contributed by atoms with Crippen molar-refractivity contribution in [2.75, 3.05) is 0 Å². The van der Waals surface area contributed by atoms with Gasteiger partial charge in [0.05, 0.1) is 16.7 Å². The summed E-state index contributed by atoms with van der Waals surface area (Å²) in [6, 6.07) is 9.02. The molecule has 1 aliphatic rings. The van der Waals surface area contributed by atoms with Gasteiger partial charge in [0.15, 0.2) is 5.78 Å². The number of hydrogen-bond acceptors (Lipinski definition) is 5. The molecule has 1 N–H and O–H groups in total. The predicted molar refractivity (Wildman–Crippen MR) is 87.8 cm³/mol. The molecule has 2 aromatic rings. The van der Waals surface area contributed by atoms with E-state index in [1.807, 2.05) is 0 Å². The monoisotopic (exact) mass is 338 g/mol. The van der Waals surface area contributed by atoms with E-state index in [1.54, 1.807) is 26.0 Å². The van der Waals surface area contributed by atoms with E-state index >= 15 is 0 Å². The summed E-state index contributed by atoms with van der Waals surface area (Å²) in [5.41, 5.74) is 1.43. The molecule has 1 aliphatic heterocycles. The Hall–Kier alpha value is -3.28. The zero-order valence-electron chi connectivity index (χ0n) is 13.5. The summed E-state index contributed by atoms with van der Waals surface area (Å²) >= 11 is 0. The molecule has 6 nitrogen and oxygen atoms in total. The zero-order valence-corrected chi connectivity index (χ0v) is 13.5. The van der Waals surface area contributed by atoms with Crippen LogP contribution < -0.4 is 0 Å². The number of ether oxygens (including phenoxy) is 1. The summed E-state index contributed by atoms with van der Waals surface area (Å²) in [5, 5.41) is 9.43. The minimum Gasteiger partial charge on any atom is -0.478 e. The molecule has 0 fully saturated rings. The highest BCUT2D eigenvalue weighted by Crippen LogP contribution is 2.29. The summed E-state index contributed by atoms with van der Waals surface area (Å²) < 4.78 is 4.54. The first kappa shape index (κ1) is 16.6. The summed E-state index contributed by atoms with van der Waals surface area (Å²) in [6.45, 7) is 3.40. The Balaban J connectivity index is 2.10. The lowest BCUT2D eigenvalue weighted by molar-refractivity contribution is 0.0443. The molecule has 0 radical (unpaired) electrons. The van der Waals surface area contributed by atoms with Gasteiger partial charge in [0, 0.05) is 11.5 Å². The molecule has 0 spiro atoms. The lowest BCUT2D eigenvalue weighted by Gasteiger charge is -2.10. The number of esters is 2. The molecule has 126 valence electrons. The van der Waals surface area contributed by atoms with Gasteiger partial charge in [-0.2, -0.15) is 0 Å². The van der Waals surface area contributed by atoms with Crippen LogP contribution in [0.2, 0.25) is 0 Å². The Morgan fingerprint density at radius 1 is 0.880 bits per heavy atom. The van der Waals surface area contributed by atoms with E-state index in [-0.39, 0.29) is 34.0 Å². The molecule has 0 saturated carbocycles. The first-order valence-corrected chi connectivity index (χ1v) is 7.62. The highest BCUT2D eigenvalue weighted by molar-refractivity contribution is 6.15. The summed E-state index contributed by atoms with van der Waals surface area (Å²) in [6.07, 6.45) is 0. The van der Waals surface area contributed by atoms with Crippen molar-refractivity contribution < 1.29 is 29.0 Å². The third-order valence-corrected chi connectivity index (χ3v) is 4.02. The van der Waals surface area contributed by atoms with Crippen molar-refractivity contribution in [3.8, 4) is 11.1 Å². The molecule has 0 bridgehead atoms. The van der Waals surface area contributed by atoms with Gasteiger partial charge in [0.1, 0.15) is 0 Å². The van der Waals surface area contributed by atoms with Gasteiger partial charge in [0.25, 0.3) is 0 Å². The zero-order chi connectivity index (χ0) is 18.3. The van der Waals surface area contributed by atoms with E-state index in [2.05, 4.69) is 4.74 Å². The van der Waals surface area contributed by atoms with Crippen molar-refractivity contribution in [1.29, 1.82) is 0 Å². The van der Waals surface area contributed by atoms with Crippen LogP contribution >= 0.6 is 0 Å². The molecule has 2 aromatic carbocycles. The van der Waals surface area contributed by atoms with Crippen LogP contribution in [-0.4, -0.2) is 28.8 Å². The molecule has 0 saturated heterocycles. The summed E-state index contributed by atoms with van der Waals surface area (Å²) in [5.74, 6) is -3.22. The molecule has 3 rings (SSSR count). The van der Waals surface area contributed by atoms with Crippen molar-refractivity contribution in [1.82, 2.24) is 0 Å². The number of carboxylic acids is 1. The number of ketones is 1. The Bertz CT molecular complexity index is 939. The third-order valence-electron chi connectivity index (χ3n) is 4.02. The van der Waals surface area contributed by atoms with Gasteiger partial charge < -0.3 is 9.84 Å². The highest BCUT2D eigenvalue weighted by Gasteiger charge is 2.30. The molecule has 0 unspecified atom stereocenters. The standard InChI is InChI=1S/C19H14O6/c1-9(2)16(20)12-5-3-10(7-14(12)17(21)22)11-4-6-13-15(8-11)19(24)25-18(13)23/h3-9H,1-2H3,(H,21,22). The van der Waals surface area contributed by atoms with Crippen molar-refractivity contribution >= 4 is 23.7 Å². The normalized spacial score (nSPS) is 12.9. The maximum atomic E-state index is 12.2. The molecule has 0 atom stereocenters. The largest absolute Gasteiger partial charge is 0.478 e. The van der Waals surface area contributed by atoms with Gasteiger partial charge in [-0.15, -0.1) is 0 Å². The van der Waals surface area contributed by atoms with E-state index in [1.165, 1.54) is 24.3 Å². The maximum absolute atomic E-state index is 12.2. The van der Waals surface area contributed by atoms with Crippen LogP contribution in [0.1, 0.15) is 55.3 Å². The molecular weight excluding hydrogens is 324 g/mol. The first-order valence-electron chi connectivity index (χ1n) is 7.62. The molecule has 6 heteroatoms. The minimum atomic E-state index is -1.21. The van der Waals surface area contributed by atoms with E-state index < -0.39 is 17.9 Å². The number of benzene rings is 2. The number of carbonyl (C=O) groups is 4. The third kappa shape index (κ3) is 2.82. The Kier molecular flexibility index (Phi) is 3.96. The molecule has 1 heterocycles. The van der Waals surface area contributed by atoms with Crippen LogP contribution in [0.5, 0.6) is 0 Å². The topological polar surface area (TPSA) is 97.7 Å². The van der Waals surface area contributed by atoms with Gasteiger partial charge in [-0.3, -0.25) is 4.79 Å². The molecule has 0 aliphatic carbocycles. The van der Waals surface area contributed by atoms with E-state index in [4.69, 9.17) is 0 Å². The first-order chi connectivity index (χ1) is 11.8. The SMILES string of the molecule is CC(C)C(=O)c1ccc(-c2ccc3c(c2)C(=O)OC3=O)cc1C(=O)O. The van der Waals surface area contributed by atoms with Gasteiger partial charge in [-0.1, -0.05) is 26.0 Å². The second kappa shape index (κ2) is 5.98. The molecule has 25 heavy (non-hydrogen) atoms. The number of cyclic esters (lactones) is 2. The quantitative estimate of drug-likeness (QED) is 0.522. The van der Waals surface area contributed by atoms with Crippen LogP contribution in [-0.2, 0) is 4.74 Å². The molecular formula is C19H14O6. The fourth-order valence-corrected chi connectivity index (χ4v) is 2.69. The average molecular weight is 338 g/mol. The summed E-state index contributed by atoms with van der Waals surface area (Å²) in [4.78, 5) is 46.9. The molecule has 0 amide bonds. The van der Waals surface area contributed by atoms with Crippen LogP contribution in [0.25, 0.3) is 11.1 Å². The number of carbonyl (C=O) groups excluding carboxylic acids is 3. The van der Waals surface area contributed by atoms with Gasteiger partial charge >= 0.3 is 17.9 Å². The predicted octanol–water partition coefficient (Wildman–Crippen LogP) is 3.20. The maximum Gasteiger partial charge on any atom is 0.346 e. The number of carboxylic acid groups (broad SMARTS) is 1. The lowest BCUT2D eigenvalue weighted by Crippen LogP contribution is -2.13. The lowest BCUT2D eigenvalue weighted by atomic mass is 9.92. The van der Waals surface area contributed by atoms with Gasteiger partial charge in [0.2, 0.25) is 0 Å². The smallest absolute Gasteiger partial charge is 0.346 e. The second-order valence-corrected chi connectivity index (χ2v) is 6.02. The fourth-order valence-electron chi connectivity index (χ4n) is 2.69. The Labute approximate surface area is 143 Å². The second-order valence-electron chi connectivity index (χ2n) is 6.02. The van der Waals surface area contributed by atoms with Crippen LogP contribution in [0.3, 0.4) is 0 Å². The molecule has 0 aromatic heterocycles. The van der Waals surface area contributed by atoms with E-state index in [9.17, 15) is 24.3 Å². The number of rotatable bonds is 4. The van der Waals surface area contributed by atoms with Gasteiger partial charge in [-0.05, 0) is 35.4 Å². The number of fused-ring (bicyclic) bond motifs is 1. The van der Waals surface area contributed by atoms with E-state index in [0.29, 0.717) is 11.1 Å². The number of aromatic carboxylic acids is 1. The average Bonchev–Trinajstić information content (AvgIpc) is 2.87. The van der Waals surface area contributed by atoms with Crippen LogP contribution in [0.4, 0.5) is 0 Å². The fraction of sp³-hybridized carbons (Fsp3) is 0.158. The highest BCUT2D eigenvalue weighted by atomic mass is 16.6.